The predicted molar refractivity (Wildman–Crippen MR) is 94.8 cm³/mol. The highest BCUT2D eigenvalue weighted by atomic mass is 32.1. The van der Waals surface area contributed by atoms with Crippen molar-refractivity contribution in [2.24, 2.45) is 0 Å². The van der Waals surface area contributed by atoms with Crippen LogP contribution in [0.15, 0.2) is 61.2 Å². The van der Waals surface area contributed by atoms with Crippen LogP contribution in [0, 0.1) is 0 Å². The number of rotatable bonds is 5. The van der Waals surface area contributed by atoms with Crippen LogP contribution in [-0.4, -0.2) is 25.7 Å². The van der Waals surface area contributed by atoms with E-state index in [0.29, 0.717) is 5.13 Å². The average molecular weight is 351 g/mol. The van der Waals surface area contributed by atoms with Crippen LogP contribution >= 0.6 is 11.3 Å². The van der Waals surface area contributed by atoms with Crippen LogP contribution in [0.5, 0.6) is 11.5 Å². The van der Waals surface area contributed by atoms with Crippen molar-refractivity contribution in [2.75, 3.05) is 5.32 Å². The molecular weight excluding hydrogens is 338 g/mol. The van der Waals surface area contributed by atoms with Gasteiger partial charge in [-0.3, -0.25) is 4.79 Å². The van der Waals surface area contributed by atoms with E-state index in [0.717, 1.165) is 21.7 Å². The Balaban J connectivity index is 1.49. The van der Waals surface area contributed by atoms with E-state index in [-0.39, 0.29) is 12.5 Å². The van der Waals surface area contributed by atoms with Gasteiger partial charge >= 0.3 is 0 Å². The third-order valence-electron chi connectivity index (χ3n) is 3.36. The number of anilines is 1. The molecule has 2 aromatic carbocycles. The Kier molecular flexibility index (Phi) is 4.09. The molecule has 0 spiro atoms. The van der Waals surface area contributed by atoms with Crippen molar-refractivity contribution in [3.63, 3.8) is 0 Å². The molecule has 0 aliphatic rings. The summed E-state index contributed by atoms with van der Waals surface area (Å²) in [6.45, 7) is 0.0955. The Hall–Kier alpha value is -3.26. The molecule has 0 bridgehead atoms. The fourth-order valence-electron chi connectivity index (χ4n) is 2.27. The first-order valence-corrected chi connectivity index (χ1v) is 8.34. The third-order valence-corrected chi connectivity index (χ3v) is 4.29. The van der Waals surface area contributed by atoms with Gasteiger partial charge in [0.25, 0.3) is 0 Å². The summed E-state index contributed by atoms with van der Waals surface area (Å²) in [5, 5.41) is 7.22. The summed E-state index contributed by atoms with van der Waals surface area (Å²) in [6, 6.07) is 15.2. The topological polar surface area (TPSA) is 81.9 Å². The van der Waals surface area contributed by atoms with Crippen LogP contribution in [-0.2, 0) is 11.3 Å². The minimum atomic E-state index is -0.203. The minimum Gasteiger partial charge on any atom is -0.457 e. The summed E-state index contributed by atoms with van der Waals surface area (Å²) in [6.07, 6.45) is 2.88. The van der Waals surface area contributed by atoms with Gasteiger partial charge in [-0.25, -0.2) is 14.6 Å². The lowest BCUT2D eigenvalue weighted by atomic mass is 10.3. The van der Waals surface area contributed by atoms with Crippen molar-refractivity contribution in [3.05, 3.63) is 61.2 Å². The van der Waals surface area contributed by atoms with Gasteiger partial charge in [-0.05, 0) is 24.3 Å². The molecule has 25 heavy (non-hydrogen) atoms. The first-order chi connectivity index (χ1) is 12.3. The monoisotopic (exact) mass is 351 g/mol. The van der Waals surface area contributed by atoms with Gasteiger partial charge in [0.1, 0.15) is 30.7 Å². The zero-order valence-electron chi connectivity index (χ0n) is 13.0. The van der Waals surface area contributed by atoms with Gasteiger partial charge in [0.2, 0.25) is 5.91 Å². The molecule has 4 aromatic rings. The number of nitrogens with one attached hydrogen (secondary N) is 1. The van der Waals surface area contributed by atoms with Crippen molar-refractivity contribution in [1.29, 1.82) is 0 Å². The second-order valence-electron chi connectivity index (χ2n) is 5.20. The highest BCUT2D eigenvalue weighted by Crippen LogP contribution is 2.31. The third kappa shape index (κ3) is 3.64. The van der Waals surface area contributed by atoms with Gasteiger partial charge in [0.05, 0.1) is 10.2 Å². The zero-order valence-corrected chi connectivity index (χ0v) is 13.8. The number of amides is 1. The molecule has 0 atom stereocenters. The first kappa shape index (κ1) is 15.3. The van der Waals surface area contributed by atoms with E-state index >= 15 is 0 Å². The highest BCUT2D eigenvalue weighted by Gasteiger charge is 2.10. The highest BCUT2D eigenvalue weighted by molar-refractivity contribution is 7.22. The Labute approximate surface area is 146 Å². The van der Waals surface area contributed by atoms with Gasteiger partial charge in [-0.1, -0.05) is 29.5 Å². The van der Waals surface area contributed by atoms with Gasteiger partial charge in [0, 0.05) is 6.07 Å². The van der Waals surface area contributed by atoms with Gasteiger partial charge < -0.3 is 10.1 Å². The number of hydrogen-bond donors (Lipinski definition) is 1. The molecule has 2 heterocycles. The normalized spacial score (nSPS) is 10.7. The molecule has 0 fully saturated rings. The molecular formula is C17H13N5O2S. The lowest BCUT2D eigenvalue weighted by molar-refractivity contribution is -0.116. The van der Waals surface area contributed by atoms with Crippen molar-refractivity contribution >= 4 is 32.6 Å². The Morgan fingerprint density at radius 1 is 1.16 bits per heavy atom. The molecule has 4 rings (SSSR count). The van der Waals surface area contributed by atoms with E-state index in [9.17, 15) is 4.79 Å². The molecule has 1 amide bonds. The molecule has 0 saturated carbocycles. The summed E-state index contributed by atoms with van der Waals surface area (Å²) in [4.78, 5) is 20.2. The van der Waals surface area contributed by atoms with Crippen molar-refractivity contribution in [1.82, 2.24) is 19.7 Å². The number of fused-ring (bicyclic) bond motifs is 1. The summed E-state index contributed by atoms with van der Waals surface area (Å²) in [5.41, 5.74) is 0.807. The van der Waals surface area contributed by atoms with Crippen molar-refractivity contribution < 1.29 is 9.53 Å². The smallest absolute Gasteiger partial charge is 0.247 e. The molecule has 124 valence electrons. The lowest BCUT2D eigenvalue weighted by Crippen LogP contribution is -2.18. The number of nitrogens with zero attached hydrogens (tertiary/aromatic N) is 4. The number of carbonyl (C=O) groups is 1. The van der Waals surface area contributed by atoms with E-state index in [1.165, 1.54) is 28.7 Å². The maximum absolute atomic E-state index is 12.0. The number of thiazole rings is 1. The maximum Gasteiger partial charge on any atom is 0.247 e. The summed E-state index contributed by atoms with van der Waals surface area (Å²) in [5.74, 6) is 1.29. The van der Waals surface area contributed by atoms with E-state index in [1.54, 1.807) is 0 Å². The predicted octanol–water partition coefficient (Wildman–Crippen LogP) is 3.32. The minimum absolute atomic E-state index is 0.0955. The molecule has 0 saturated heterocycles. The van der Waals surface area contributed by atoms with Crippen molar-refractivity contribution in [3.8, 4) is 11.5 Å². The largest absolute Gasteiger partial charge is 0.457 e. The maximum atomic E-state index is 12.0. The SMILES string of the molecule is O=C(Cn1cncn1)Nc1nc2ccc(Oc3ccccc3)cc2s1. The molecule has 1 N–H and O–H groups in total. The standard InChI is InChI=1S/C17H13N5O2S/c23-16(9-22-11-18-10-19-22)21-17-20-14-7-6-13(8-15(14)25-17)24-12-4-2-1-3-5-12/h1-8,10-11H,9H2,(H,20,21,23). The number of ether oxygens (including phenoxy) is 1. The molecule has 0 radical (unpaired) electrons. The first-order valence-electron chi connectivity index (χ1n) is 7.52. The van der Waals surface area contributed by atoms with E-state index in [1.807, 2.05) is 48.5 Å². The molecule has 0 aliphatic heterocycles. The molecule has 7 nitrogen and oxygen atoms in total. The van der Waals surface area contributed by atoms with E-state index in [2.05, 4.69) is 20.4 Å². The lowest BCUT2D eigenvalue weighted by Gasteiger charge is -2.04. The second-order valence-corrected chi connectivity index (χ2v) is 6.24. The quantitative estimate of drug-likeness (QED) is 0.596. The Morgan fingerprint density at radius 3 is 2.84 bits per heavy atom. The van der Waals surface area contributed by atoms with Gasteiger partial charge in [-0.15, -0.1) is 0 Å². The van der Waals surface area contributed by atoms with Crippen LogP contribution < -0.4 is 10.1 Å². The summed E-state index contributed by atoms with van der Waals surface area (Å²) >= 11 is 1.39. The number of carbonyl (C=O) groups excluding carboxylic acids is 1. The number of benzene rings is 2. The number of para-hydroxylation sites is 1. The van der Waals surface area contributed by atoms with Crippen LogP contribution in [0.4, 0.5) is 5.13 Å². The van der Waals surface area contributed by atoms with E-state index in [4.69, 9.17) is 4.74 Å². The number of aromatic nitrogens is 4. The van der Waals surface area contributed by atoms with Crippen LogP contribution in [0.25, 0.3) is 10.2 Å². The van der Waals surface area contributed by atoms with Crippen LogP contribution in [0.2, 0.25) is 0 Å². The van der Waals surface area contributed by atoms with Crippen LogP contribution in [0.3, 0.4) is 0 Å². The van der Waals surface area contributed by atoms with E-state index < -0.39 is 0 Å². The molecule has 0 aliphatic carbocycles. The second kappa shape index (κ2) is 6.70. The number of hydrogen-bond acceptors (Lipinski definition) is 6. The fraction of sp³-hybridized carbons (Fsp3) is 0.0588. The molecule has 8 heteroatoms. The van der Waals surface area contributed by atoms with Gasteiger partial charge in [0.15, 0.2) is 5.13 Å². The average Bonchev–Trinajstić information content (AvgIpc) is 3.24. The molecule has 0 unspecified atom stereocenters. The molecule has 2 aromatic heterocycles. The summed E-state index contributed by atoms with van der Waals surface area (Å²) in [7, 11) is 0. The zero-order chi connectivity index (χ0) is 17.1. The van der Waals surface area contributed by atoms with Crippen molar-refractivity contribution in [2.45, 2.75) is 6.54 Å². The Bertz CT molecular complexity index is 999. The Morgan fingerprint density at radius 2 is 2.04 bits per heavy atom. The summed E-state index contributed by atoms with van der Waals surface area (Å²) < 4.78 is 8.21. The van der Waals surface area contributed by atoms with Gasteiger partial charge in [-0.2, -0.15) is 5.10 Å². The van der Waals surface area contributed by atoms with Crippen LogP contribution in [0.1, 0.15) is 0 Å². The fourth-order valence-corrected chi connectivity index (χ4v) is 3.18.